The molecule has 23 heavy (non-hydrogen) atoms. The van der Waals surface area contributed by atoms with Gasteiger partial charge in [-0.25, -0.2) is 0 Å². The van der Waals surface area contributed by atoms with Crippen LogP contribution in [0.3, 0.4) is 0 Å². The molecule has 0 heterocycles. The molecule has 0 bridgehead atoms. The Kier molecular flexibility index (Phi) is 16.6. The van der Waals surface area contributed by atoms with E-state index in [2.05, 4.69) is 11.3 Å². The molecule has 0 aromatic carbocycles. The van der Waals surface area contributed by atoms with Crippen LogP contribution in [0.2, 0.25) is 0 Å². The highest BCUT2D eigenvalue weighted by Gasteiger charge is 2.10. The second kappa shape index (κ2) is 16.7. The molecule has 3 nitrogen and oxygen atoms in total. The van der Waals surface area contributed by atoms with E-state index in [1.54, 1.807) is 0 Å². The molecule has 0 radical (unpaired) electrons. The van der Waals surface area contributed by atoms with Crippen LogP contribution in [0, 0.1) is 0 Å². The van der Waals surface area contributed by atoms with Crippen LogP contribution >= 0.6 is 0 Å². The standard InChI is InChI=1S/C18H37FO3S/c1-2-3-4-5-6-7-8-9-10-11-12-13-14-15-16-17-18-23(20,21)22-19/h2-18H2,1H3. The van der Waals surface area contributed by atoms with E-state index in [0.717, 1.165) is 19.3 Å². The van der Waals surface area contributed by atoms with Gasteiger partial charge in [-0.05, 0) is 10.9 Å². The van der Waals surface area contributed by atoms with Crippen LogP contribution in [0.1, 0.15) is 110 Å². The maximum Gasteiger partial charge on any atom is 0.297 e. The molecule has 0 saturated heterocycles. The van der Waals surface area contributed by atoms with E-state index in [9.17, 15) is 12.9 Å². The highest BCUT2D eigenvalue weighted by atomic mass is 32.2. The van der Waals surface area contributed by atoms with E-state index in [4.69, 9.17) is 0 Å². The highest BCUT2D eigenvalue weighted by molar-refractivity contribution is 7.86. The van der Waals surface area contributed by atoms with Crippen molar-refractivity contribution in [2.75, 3.05) is 5.75 Å². The summed E-state index contributed by atoms with van der Waals surface area (Å²) in [6, 6.07) is 0. The number of hydrogen-bond acceptors (Lipinski definition) is 3. The summed E-state index contributed by atoms with van der Waals surface area (Å²) in [5.41, 5.74) is 0. The normalized spacial score (nSPS) is 11.9. The van der Waals surface area contributed by atoms with E-state index >= 15 is 0 Å². The molecule has 0 atom stereocenters. The van der Waals surface area contributed by atoms with Gasteiger partial charge in [0.25, 0.3) is 10.1 Å². The average Bonchev–Trinajstić information content (AvgIpc) is 2.54. The summed E-state index contributed by atoms with van der Waals surface area (Å²) >= 11 is 0. The fourth-order valence-electron chi connectivity index (χ4n) is 2.86. The lowest BCUT2D eigenvalue weighted by Gasteiger charge is -2.03. The number of unbranched alkanes of at least 4 members (excludes halogenated alkanes) is 15. The van der Waals surface area contributed by atoms with Gasteiger partial charge in [-0.2, -0.15) is 8.42 Å². The molecule has 0 aromatic rings. The van der Waals surface area contributed by atoms with Crippen LogP contribution in [0.15, 0.2) is 0 Å². The zero-order chi connectivity index (χ0) is 17.2. The minimum Gasteiger partial charge on any atom is -0.197 e. The van der Waals surface area contributed by atoms with Crippen molar-refractivity contribution in [3.05, 3.63) is 0 Å². The molecular weight excluding hydrogens is 315 g/mol. The molecule has 0 unspecified atom stereocenters. The van der Waals surface area contributed by atoms with Gasteiger partial charge in [-0.1, -0.05) is 108 Å². The predicted octanol–water partition coefficient (Wildman–Crippen LogP) is 6.48. The molecule has 0 aliphatic carbocycles. The Balaban J connectivity index is 3.08. The molecule has 140 valence electrons. The van der Waals surface area contributed by atoms with Crippen molar-refractivity contribution in [3.8, 4) is 0 Å². The highest BCUT2D eigenvalue weighted by Crippen LogP contribution is 2.14. The molecule has 0 fully saturated rings. The Morgan fingerprint density at radius 3 is 1.22 bits per heavy atom. The largest absolute Gasteiger partial charge is 0.297 e. The molecule has 5 heteroatoms. The molecule has 0 rings (SSSR count). The van der Waals surface area contributed by atoms with Gasteiger partial charge in [0, 0.05) is 0 Å². The van der Waals surface area contributed by atoms with Crippen LogP contribution in [0.5, 0.6) is 0 Å². The molecule has 0 amide bonds. The van der Waals surface area contributed by atoms with Gasteiger partial charge in [-0.15, -0.1) is 0 Å². The summed E-state index contributed by atoms with van der Waals surface area (Å²) in [7, 11) is -3.91. The third kappa shape index (κ3) is 18.0. The first kappa shape index (κ1) is 22.8. The van der Waals surface area contributed by atoms with E-state index in [1.807, 2.05) is 0 Å². The van der Waals surface area contributed by atoms with Crippen LogP contribution in [0.4, 0.5) is 4.53 Å². The minimum atomic E-state index is -3.91. The van der Waals surface area contributed by atoms with E-state index in [1.165, 1.54) is 77.0 Å². The first-order valence-corrected chi connectivity index (χ1v) is 11.2. The zero-order valence-corrected chi connectivity index (χ0v) is 15.8. The lowest BCUT2D eigenvalue weighted by atomic mass is 10.0. The van der Waals surface area contributed by atoms with Crippen LogP contribution < -0.4 is 0 Å². The quantitative estimate of drug-likeness (QED) is 0.265. The van der Waals surface area contributed by atoms with Crippen molar-refractivity contribution >= 4 is 10.1 Å². The van der Waals surface area contributed by atoms with Crippen molar-refractivity contribution in [3.63, 3.8) is 0 Å². The second-order valence-electron chi connectivity index (χ2n) is 6.63. The van der Waals surface area contributed by atoms with Gasteiger partial charge < -0.3 is 0 Å². The fourth-order valence-corrected chi connectivity index (χ4v) is 3.48. The first-order chi connectivity index (χ1) is 11.1. The molecule has 0 aromatic heterocycles. The zero-order valence-electron chi connectivity index (χ0n) is 15.0. The lowest BCUT2D eigenvalue weighted by Crippen LogP contribution is -2.05. The van der Waals surface area contributed by atoms with Gasteiger partial charge in [0.1, 0.15) is 0 Å². The van der Waals surface area contributed by atoms with E-state index < -0.39 is 10.1 Å². The van der Waals surface area contributed by atoms with Crippen molar-refractivity contribution in [2.24, 2.45) is 0 Å². The Bertz CT molecular complexity index is 331. The predicted molar refractivity (Wildman–Crippen MR) is 95.5 cm³/mol. The van der Waals surface area contributed by atoms with Crippen molar-refractivity contribution in [1.29, 1.82) is 0 Å². The Morgan fingerprint density at radius 1 is 0.609 bits per heavy atom. The summed E-state index contributed by atoms with van der Waals surface area (Å²) < 4.78 is 36.0. The van der Waals surface area contributed by atoms with E-state index in [0.29, 0.717) is 6.42 Å². The van der Waals surface area contributed by atoms with Crippen molar-refractivity contribution < 1.29 is 17.3 Å². The molecule has 0 spiro atoms. The summed E-state index contributed by atoms with van der Waals surface area (Å²) in [5, 5.41) is 0. The molecular formula is C18H37FO3S. The SMILES string of the molecule is CCCCCCCCCCCCCCCCCCS(=O)(=O)OF. The summed E-state index contributed by atoms with van der Waals surface area (Å²) in [4.78, 5) is 0. The number of halogens is 1. The molecule has 0 saturated carbocycles. The Labute approximate surface area is 143 Å². The summed E-state index contributed by atoms with van der Waals surface area (Å²) in [6.45, 7) is 2.26. The summed E-state index contributed by atoms with van der Waals surface area (Å²) in [6.07, 6.45) is 19.8. The second-order valence-corrected chi connectivity index (χ2v) is 8.28. The van der Waals surface area contributed by atoms with E-state index in [-0.39, 0.29) is 5.75 Å². The van der Waals surface area contributed by atoms with Crippen LogP contribution in [-0.2, 0) is 14.5 Å². The maximum absolute atomic E-state index is 11.6. The third-order valence-electron chi connectivity index (χ3n) is 4.34. The third-order valence-corrected chi connectivity index (χ3v) is 5.32. The lowest BCUT2D eigenvalue weighted by molar-refractivity contribution is 0.00288. The van der Waals surface area contributed by atoms with Gasteiger partial charge >= 0.3 is 0 Å². The van der Waals surface area contributed by atoms with Gasteiger partial charge in [0.2, 0.25) is 0 Å². The van der Waals surface area contributed by atoms with Gasteiger partial charge in [0.05, 0.1) is 5.75 Å². The Morgan fingerprint density at radius 2 is 0.913 bits per heavy atom. The van der Waals surface area contributed by atoms with Gasteiger partial charge in [0.15, 0.2) is 0 Å². The Hall–Kier alpha value is -0.160. The fraction of sp³-hybridized carbons (Fsp3) is 1.00. The minimum absolute atomic E-state index is 0.206. The van der Waals surface area contributed by atoms with Crippen molar-refractivity contribution in [2.45, 2.75) is 110 Å². The molecule has 0 aliphatic heterocycles. The molecule has 0 N–H and O–H groups in total. The number of hydrogen-bond donors (Lipinski definition) is 0. The monoisotopic (exact) mass is 352 g/mol. The van der Waals surface area contributed by atoms with Gasteiger partial charge in [-0.3, -0.25) is 0 Å². The first-order valence-electron chi connectivity index (χ1n) is 9.65. The molecule has 0 aliphatic rings. The topological polar surface area (TPSA) is 43.4 Å². The maximum atomic E-state index is 11.6. The van der Waals surface area contributed by atoms with Crippen LogP contribution in [-0.4, -0.2) is 14.2 Å². The van der Waals surface area contributed by atoms with Crippen molar-refractivity contribution in [1.82, 2.24) is 0 Å². The number of rotatable bonds is 18. The average molecular weight is 353 g/mol. The summed E-state index contributed by atoms with van der Waals surface area (Å²) in [5.74, 6) is -0.206. The smallest absolute Gasteiger partial charge is 0.197 e. The van der Waals surface area contributed by atoms with Crippen LogP contribution in [0.25, 0.3) is 0 Å².